The molecule has 0 spiro atoms. The third kappa shape index (κ3) is 4.67. The number of thioether (sulfide) groups is 1. The molecule has 0 saturated carbocycles. The molecule has 8 nitrogen and oxygen atoms in total. The van der Waals surface area contributed by atoms with Gasteiger partial charge in [0.2, 0.25) is 11.1 Å². The maximum absolute atomic E-state index is 13.3. The van der Waals surface area contributed by atoms with Gasteiger partial charge in [0.05, 0.1) is 10.9 Å². The van der Waals surface area contributed by atoms with Gasteiger partial charge in [-0.2, -0.15) is 5.10 Å². The highest BCUT2D eigenvalue weighted by Gasteiger charge is 2.31. The van der Waals surface area contributed by atoms with E-state index in [1.165, 1.54) is 16.4 Å². The summed E-state index contributed by atoms with van der Waals surface area (Å²) in [6, 6.07) is 11.9. The van der Waals surface area contributed by atoms with Gasteiger partial charge < -0.3 is 10.7 Å². The summed E-state index contributed by atoms with van der Waals surface area (Å²) in [5.74, 6) is 6.67. The zero-order chi connectivity index (χ0) is 22.1. The average molecular weight is 428 g/mol. The van der Waals surface area contributed by atoms with E-state index >= 15 is 0 Å². The molecule has 30 heavy (non-hydrogen) atoms. The minimum atomic E-state index is -0.382. The molecule has 0 radical (unpaired) electrons. The molecular formula is C21H29N7OS. The number of hydrogen-bond donors (Lipinski definition) is 1. The number of benzene rings is 1. The van der Waals surface area contributed by atoms with Crippen molar-refractivity contribution in [3.63, 3.8) is 0 Å². The third-order valence-electron chi connectivity index (χ3n) is 4.73. The average Bonchev–Trinajstić information content (AvgIpc) is 3.20. The molecule has 0 fully saturated rings. The number of carbonyl (C=O) groups excluding carboxylic acids is 1. The molecule has 3 aromatic rings. The first kappa shape index (κ1) is 21.9. The van der Waals surface area contributed by atoms with E-state index in [1.54, 1.807) is 4.68 Å². The van der Waals surface area contributed by atoms with Crippen molar-refractivity contribution in [2.45, 2.75) is 64.0 Å². The second-order valence-electron chi connectivity index (χ2n) is 8.33. The van der Waals surface area contributed by atoms with Crippen LogP contribution in [-0.2, 0) is 11.3 Å². The molecule has 2 N–H and O–H groups in total. The predicted octanol–water partition coefficient (Wildman–Crippen LogP) is 3.10. The number of nitrogens with two attached hydrogens (primary N) is 1. The van der Waals surface area contributed by atoms with Crippen molar-refractivity contribution >= 4 is 17.7 Å². The number of aromatic nitrogens is 5. The first-order valence-electron chi connectivity index (χ1n) is 9.84. The van der Waals surface area contributed by atoms with Gasteiger partial charge in [-0.15, -0.1) is 10.2 Å². The quantitative estimate of drug-likeness (QED) is 0.480. The highest BCUT2D eigenvalue weighted by molar-refractivity contribution is 8.00. The van der Waals surface area contributed by atoms with E-state index in [-0.39, 0.29) is 16.7 Å². The Bertz CT molecular complexity index is 1020. The summed E-state index contributed by atoms with van der Waals surface area (Å²) in [4.78, 5) is 15.2. The fourth-order valence-corrected chi connectivity index (χ4v) is 3.99. The molecule has 0 bridgehead atoms. The summed E-state index contributed by atoms with van der Waals surface area (Å²) in [6.45, 7) is 12.4. The largest absolute Gasteiger partial charge is 0.334 e. The van der Waals surface area contributed by atoms with Crippen LogP contribution in [0.3, 0.4) is 0 Å². The summed E-state index contributed by atoms with van der Waals surface area (Å²) in [7, 11) is 0. The Kier molecular flexibility index (Phi) is 6.21. The number of amides is 1. The molecule has 9 heteroatoms. The van der Waals surface area contributed by atoms with Gasteiger partial charge in [-0.05, 0) is 53.2 Å². The van der Waals surface area contributed by atoms with Gasteiger partial charge in [-0.25, -0.2) is 9.36 Å². The Morgan fingerprint density at radius 2 is 1.87 bits per heavy atom. The van der Waals surface area contributed by atoms with Crippen LogP contribution >= 0.6 is 11.8 Å². The monoisotopic (exact) mass is 427 g/mol. The fourth-order valence-electron chi connectivity index (χ4n) is 3.17. The summed E-state index contributed by atoms with van der Waals surface area (Å²) in [6.07, 6.45) is 0. The first-order valence-corrected chi connectivity index (χ1v) is 10.7. The Balaban J connectivity index is 1.79. The van der Waals surface area contributed by atoms with Crippen LogP contribution in [-0.4, -0.2) is 46.2 Å². The lowest BCUT2D eigenvalue weighted by Gasteiger charge is -2.37. The van der Waals surface area contributed by atoms with E-state index < -0.39 is 0 Å². The molecule has 1 aromatic carbocycles. The van der Waals surface area contributed by atoms with E-state index in [0.717, 1.165) is 17.0 Å². The molecular weight excluding hydrogens is 398 g/mol. The first-order chi connectivity index (χ1) is 14.1. The van der Waals surface area contributed by atoms with E-state index in [1.807, 2.05) is 82.8 Å². The van der Waals surface area contributed by atoms with Crippen LogP contribution in [0.2, 0.25) is 0 Å². The molecule has 3 rings (SSSR count). The van der Waals surface area contributed by atoms with Crippen molar-refractivity contribution in [3.05, 3.63) is 53.3 Å². The highest BCUT2D eigenvalue weighted by atomic mass is 32.2. The Morgan fingerprint density at radius 1 is 1.20 bits per heavy atom. The summed E-state index contributed by atoms with van der Waals surface area (Å²) >= 11 is 1.29. The van der Waals surface area contributed by atoms with Crippen molar-refractivity contribution in [2.75, 3.05) is 5.84 Å². The molecule has 0 unspecified atom stereocenters. The third-order valence-corrected chi connectivity index (χ3v) is 5.78. The maximum atomic E-state index is 13.3. The Hall–Kier alpha value is -2.81. The molecule has 2 heterocycles. The van der Waals surface area contributed by atoms with Gasteiger partial charge in [-0.3, -0.25) is 4.79 Å². The number of aryl methyl sites for hydroxylation is 2. The lowest BCUT2D eigenvalue weighted by atomic mass is 10.0. The number of hydrogen-bond acceptors (Lipinski definition) is 6. The lowest BCUT2D eigenvalue weighted by Crippen LogP contribution is -2.48. The van der Waals surface area contributed by atoms with Crippen LogP contribution in [0.15, 0.2) is 41.6 Å². The van der Waals surface area contributed by atoms with Crippen LogP contribution in [0, 0.1) is 13.8 Å². The van der Waals surface area contributed by atoms with Crippen LogP contribution < -0.4 is 5.84 Å². The van der Waals surface area contributed by atoms with Gasteiger partial charge in [-0.1, -0.05) is 42.1 Å². The van der Waals surface area contributed by atoms with Crippen molar-refractivity contribution in [1.82, 2.24) is 29.6 Å². The van der Waals surface area contributed by atoms with Gasteiger partial charge >= 0.3 is 0 Å². The molecule has 0 saturated heterocycles. The maximum Gasteiger partial charge on any atom is 0.271 e. The second kappa shape index (κ2) is 8.51. The van der Waals surface area contributed by atoms with Gasteiger partial charge in [0.15, 0.2) is 0 Å². The molecule has 0 aliphatic rings. The van der Waals surface area contributed by atoms with E-state index in [0.29, 0.717) is 17.6 Å². The van der Waals surface area contributed by atoms with Crippen molar-refractivity contribution < 1.29 is 4.79 Å². The molecule has 0 aliphatic carbocycles. The van der Waals surface area contributed by atoms with Crippen LogP contribution in [0.1, 0.15) is 44.6 Å². The van der Waals surface area contributed by atoms with Gasteiger partial charge in [0.25, 0.3) is 5.95 Å². The SMILES string of the molecule is Cc1cc(C)n(-c2nnc(S[C@@H](C)C(=O)N(Cc3ccccc3)C(C)(C)C)n2N)n1. The number of nitrogens with zero attached hydrogens (tertiary/aromatic N) is 6. The standard InChI is InChI=1S/C21H29N7OS/c1-14-12-15(2)28(25-14)19-23-24-20(27(19)22)30-16(3)18(29)26(21(4,5)6)13-17-10-8-7-9-11-17/h7-12,16H,13,22H2,1-6H3/t16-/m0/s1. The second-order valence-corrected chi connectivity index (χ2v) is 9.64. The van der Waals surface area contributed by atoms with Crippen molar-refractivity contribution in [1.29, 1.82) is 0 Å². The summed E-state index contributed by atoms with van der Waals surface area (Å²) < 4.78 is 3.03. The van der Waals surface area contributed by atoms with Crippen molar-refractivity contribution in [2.24, 2.45) is 0 Å². The minimum Gasteiger partial charge on any atom is -0.334 e. The fraction of sp³-hybridized carbons (Fsp3) is 0.429. The Labute approximate surface area is 181 Å². The lowest BCUT2D eigenvalue weighted by molar-refractivity contribution is -0.135. The van der Waals surface area contributed by atoms with E-state index in [4.69, 9.17) is 5.84 Å². The Morgan fingerprint density at radius 3 is 2.43 bits per heavy atom. The molecule has 160 valence electrons. The van der Waals surface area contributed by atoms with Crippen molar-refractivity contribution in [3.8, 4) is 5.95 Å². The predicted molar refractivity (Wildman–Crippen MR) is 119 cm³/mol. The van der Waals surface area contributed by atoms with Crippen LogP contribution in [0.5, 0.6) is 0 Å². The van der Waals surface area contributed by atoms with Crippen LogP contribution in [0.4, 0.5) is 0 Å². The normalized spacial score (nSPS) is 12.7. The molecule has 1 atom stereocenters. The van der Waals surface area contributed by atoms with Gasteiger partial charge in [0, 0.05) is 17.8 Å². The topological polar surface area (TPSA) is 94.9 Å². The van der Waals surface area contributed by atoms with Gasteiger partial charge in [0.1, 0.15) is 0 Å². The zero-order valence-corrected chi connectivity index (χ0v) is 19.1. The summed E-state index contributed by atoms with van der Waals surface area (Å²) in [5.41, 5.74) is 2.54. The smallest absolute Gasteiger partial charge is 0.271 e. The minimum absolute atomic E-state index is 0.0204. The highest BCUT2D eigenvalue weighted by Crippen LogP contribution is 2.27. The summed E-state index contributed by atoms with van der Waals surface area (Å²) in [5, 5.41) is 12.9. The number of rotatable bonds is 6. The molecule has 0 aliphatic heterocycles. The molecule has 2 aromatic heterocycles. The van der Waals surface area contributed by atoms with E-state index in [2.05, 4.69) is 15.3 Å². The molecule has 1 amide bonds. The van der Waals surface area contributed by atoms with E-state index in [9.17, 15) is 4.79 Å². The van der Waals surface area contributed by atoms with Crippen LogP contribution in [0.25, 0.3) is 5.95 Å². The number of carbonyl (C=O) groups is 1. The number of nitrogen functional groups attached to an aromatic ring is 1. The zero-order valence-electron chi connectivity index (χ0n) is 18.3.